The van der Waals surface area contributed by atoms with Crippen LogP contribution in [0.2, 0.25) is 0 Å². The van der Waals surface area contributed by atoms with Crippen molar-refractivity contribution in [3.63, 3.8) is 0 Å². The molecule has 30 heavy (non-hydrogen) atoms. The molecule has 0 radical (unpaired) electrons. The van der Waals surface area contributed by atoms with Crippen LogP contribution in [0.4, 0.5) is 0 Å². The van der Waals surface area contributed by atoms with Gasteiger partial charge in [0.2, 0.25) is 5.91 Å². The molecule has 2 aliphatic heterocycles. The molecule has 2 amide bonds. The number of amides is 2. The Morgan fingerprint density at radius 2 is 1.67 bits per heavy atom. The maximum absolute atomic E-state index is 12.8. The molecule has 2 heterocycles. The Hall–Kier alpha value is -2.86. The molecule has 0 N–H and O–H groups in total. The molecular weight excluding hydrogens is 380 g/mol. The van der Waals surface area contributed by atoms with Crippen LogP contribution in [0.15, 0.2) is 48.5 Å². The minimum atomic E-state index is 0.00563. The Labute approximate surface area is 177 Å². The fraction of sp³-hybridized carbons (Fsp3) is 0.417. The van der Waals surface area contributed by atoms with E-state index in [1.807, 2.05) is 46.2 Å². The summed E-state index contributed by atoms with van der Waals surface area (Å²) in [7, 11) is 0. The van der Waals surface area contributed by atoms with E-state index in [9.17, 15) is 9.59 Å². The first-order valence-corrected chi connectivity index (χ1v) is 10.6. The zero-order chi connectivity index (χ0) is 20.8. The lowest BCUT2D eigenvalue weighted by Crippen LogP contribution is -2.40. The van der Waals surface area contributed by atoms with E-state index in [1.54, 1.807) is 0 Å². The van der Waals surface area contributed by atoms with Gasteiger partial charge in [-0.15, -0.1) is 0 Å². The van der Waals surface area contributed by atoms with Crippen LogP contribution in [0.5, 0.6) is 5.75 Å². The number of benzene rings is 2. The molecular formula is C24H28N2O4. The summed E-state index contributed by atoms with van der Waals surface area (Å²) in [6.07, 6.45) is 2.23. The molecule has 0 spiro atoms. The summed E-state index contributed by atoms with van der Waals surface area (Å²) in [4.78, 5) is 29.3. The number of hydrogen-bond donors (Lipinski definition) is 0. The number of morpholine rings is 1. The number of carbonyl (C=O) groups is 2. The average molecular weight is 408 g/mol. The first kappa shape index (κ1) is 20.4. The average Bonchev–Trinajstić information content (AvgIpc) is 3.02. The minimum Gasteiger partial charge on any atom is -0.491 e. The number of carbonyl (C=O) groups excluding carboxylic acids is 2. The molecule has 0 unspecified atom stereocenters. The van der Waals surface area contributed by atoms with Crippen molar-refractivity contribution in [3.05, 3.63) is 65.2 Å². The van der Waals surface area contributed by atoms with Crippen molar-refractivity contribution in [3.8, 4) is 5.75 Å². The van der Waals surface area contributed by atoms with Crippen molar-refractivity contribution < 1.29 is 19.1 Å². The first-order valence-electron chi connectivity index (χ1n) is 10.6. The first-order chi connectivity index (χ1) is 14.7. The van der Waals surface area contributed by atoms with Crippen LogP contribution >= 0.6 is 0 Å². The molecule has 0 bridgehead atoms. The fourth-order valence-corrected chi connectivity index (χ4v) is 3.94. The normalized spacial score (nSPS) is 16.4. The lowest BCUT2D eigenvalue weighted by atomic mass is 10.1. The highest BCUT2D eigenvalue weighted by molar-refractivity contribution is 5.94. The molecule has 0 aliphatic carbocycles. The molecule has 2 aromatic carbocycles. The Balaban J connectivity index is 1.39. The summed E-state index contributed by atoms with van der Waals surface area (Å²) in [5, 5.41) is 0. The van der Waals surface area contributed by atoms with Gasteiger partial charge in [0.25, 0.3) is 5.91 Å². The summed E-state index contributed by atoms with van der Waals surface area (Å²) in [6.45, 7) is 3.87. The van der Waals surface area contributed by atoms with E-state index in [1.165, 1.54) is 5.56 Å². The van der Waals surface area contributed by atoms with Crippen molar-refractivity contribution >= 4 is 11.8 Å². The largest absolute Gasteiger partial charge is 0.491 e. The number of aryl methyl sites for hydroxylation is 1. The monoisotopic (exact) mass is 408 g/mol. The number of hydrogen-bond acceptors (Lipinski definition) is 4. The highest BCUT2D eigenvalue weighted by Gasteiger charge is 2.23. The summed E-state index contributed by atoms with van der Waals surface area (Å²) in [6, 6.07) is 15.8. The molecule has 1 saturated heterocycles. The van der Waals surface area contributed by atoms with Gasteiger partial charge in [-0.3, -0.25) is 9.59 Å². The van der Waals surface area contributed by atoms with E-state index in [4.69, 9.17) is 9.47 Å². The Bertz CT molecular complexity index is 878. The van der Waals surface area contributed by atoms with Crippen molar-refractivity contribution in [1.82, 2.24) is 9.80 Å². The van der Waals surface area contributed by atoms with Gasteiger partial charge in [-0.05, 0) is 36.6 Å². The number of fused-ring (bicyclic) bond motifs is 1. The minimum absolute atomic E-state index is 0.00563. The highest BCUT2D eigenvalue weighted by atomic mass is 16.5. The Morgan fingerprint density at radius 3 is 2.47 bits per heavy atom. The van der Waals surface area contributed by atoms with Crippen LogP contribution in [0.25, 0.3) is 0 Å². The third-order valence-electron chi connectivity index (χ3n) is 5.64. The van der Waals surface area contributed by atoms with Gasteiger partial charge in [0, 0.05) is 37.2 Å². The van der Waals surface area contributed by atoms with Crippen molar-refractivity contribution in [2.45, 2.75) is 25.8 Å². The Morgan fingerprint density at radius 1 is 0.900 bits per heavy atom. The molecule has 1 fully saturated rings. The molecule has 6 nitrogen and oxygen atoms in total. The predicted molar refractivity (Wildman–Crippen MR) is 113 cm³/mol. The van der Waals surface area contributed by atoms with Gasteiger partial charge in [-0.2, -0.15) is 0 Å². The topological polar surface area (TPSA) is 59.1 Å². The van der Waals surface area contributed by atoms with Gasteiger partial charge in [-0.1, -0.05) is 30.3 Å². The van der Waals surface area contributed by atoms with E-state index in [0.717, 1.165) is 24.2 Å². The summed E-state index contributed by atoms with van der Waals surface area (Å²) in [5.74, 6) is 0.895. The van der Waals surface area contributed by atoms with Gasteiger partial charge in [0.1, 0.15) is 12.4 Å². The second kappa shape index (κ2) is 9.76. The molecule has 2 aliphatic rings. The van der Waals surface area contributed by atoms with Gasteiger partial charge < -0.3 is 19.3 Å². The molecule has 4 rings (SSSR count). The number of ether oxygens (including phenoxy) is 2. The van der Waals surface area contributed by atoms with Gasteiger partial charge in [-0.25, -0.2) is 0 Å². The third kappa shape index (κ3) is 5.00. The third-order valence-corrected chi connectivity index (χ3v) is 5.64. The number of rotatable bonds is 5. The van der Waals surface area contributed by atoms with Crippen LogP contribution in [-0.4, -0.2) is 61.1 Å². The Kier molecular flexibility index (Phi) is 6.64. The number of nitrogens with zero attached hydrogens (tertiary/aromatic N) is 2. The van der Waals surface area contributed by atoms with E-state index < -0.39 is 0 Å². The van der Waals surface area contributed by atoms with Crippen LogP contribution in [0.1, 0.15) is 34.3 Å². The molecule has 6 heteroatoms. The fourth-order valence-electron chi connectivity index (χ4n) is 3.94. The summed E-state index contributed by atoms with van der Waals surface area (Å²) < 4.78 is 11.2. The van der Waals surface area contributed by atoms with E-state index in [-0.39, 0.29) is 11.8 Å². The predicted octanol–water partition coefficient (Wildman–Crippen LogP) is 2.90. The van der Waals surface area contributed by atoms with Crippen molar-refractivity contribution in [2.24, 2.45) is 0 Å². The summed E-state index contributed by atoms with van der Waals surface area (Å²) in [5.41, 5.74) is 2.78. The standard InChI is InChI=1S/C24H28N2O4/c27-23(8-4-7-19-5-2-1-3-6-19)26-13-16-30-22-10-9-20(17-21(22)18-26)24(28)25-11-14-29-15-12-25/h1-3,5-6,9-10,17H,4,7-8,11-16,18H2. The van der Waals surface area contributed by atoms with Gasteiger partial charge in [0.05, 0.1) is 19.8 Å². The lowest BCUT2D eigenvalue weighted by Gasteiger charge is -2.27. The SMILES string of the molecule is O=C(CCCc1ccccc1)N1CCOc2ccc(C(=O)N3CCOCC3)cc2C1. The van der Waals surface area contributed by atoms with Crippen molar-refractivity contribution in [2.75, 3.05) is 39.5 Å². The molecule has 0 saturated carbocycles. The van der Waals surface area contributed by atoms with Crippen LogP contribution in [0, 0.1) is 0 Å². The summed E-state index contributed by atoms with van der Waals surface area (Å²) >= 11 is 0. The van der Waals surface area contributed by atoms with Crippen LogP contribution in [-0.2, 0) is 22.5 Å². The van der Waals surface area contributed by atoms with Crippen LogP contribution < -0.4 is 4.74 Å². The lowest BCUT2D eigenvalue weighted by molar-refractivity contribution is -0.132. The maximum atomic E-state index is 12.8. The zero-order valence-electron chi connectivity index (χ0n) is 17.2. The molecule has 0 atom stereocenters. The van der Waals surface area contributed by atoms with E-state index in [2.05, 4.69) is 12.1 Å². The zero-order valence-corrected chi connectivity index (χ0v) is 17.2. The maximum Gasteiger partial charge on any atom is 0.254 e. The van der Waals surface area contributed by atoms with E-state index in [0.29, 0.717) is 58.0 Å². The van der Waals surface area contributed by atoms with Gasteiger partial charge >= 0.3 is 0 Å². The molecule has 2 aromatic rings. The van der Waals surface area contributed by atoms with Gasteiger partial charge in [0.15, 0.2) is 0 Å². The quantitative estimate of drug-likeness (QED) is 0.763. The molecule has 0 aromatic heterocycles. The highest BCUT2D eigenvalue weighted by Crippen LogP contribution is 2.26. The van der Waals surface area contributed by atoms with Crippen molar-refractivity contribution in [1.29, 1.82) is 0 Å². The molecule has 158 valence electrons. The second-order valence-corrected chi connectivity index (χ2v) is 7.73. The smallest absolute Gasteiger partial charge is 0.254 e. The second-order valence-electron chi connectivity index (χ2n) is 7.73. The van der Waals surface area contributed by atoms with Crippen LogP contribution in [0.3, 0.4) is 0 Å². The van der Waals surface area contributed by atoms with E-state index >= 15 is 0 Å².